The number of nitrogens with two attached hydrogens (primary N) is 1. The van der Waals surface area contributed by atoms with Crippen molar-refractivity contribution < 1.29 is 72.1 Å². The number of nitrogens with zero attached hydrogens (tertiary/aromatic N) is 4. The van der Waals surface area contributed by atoms with Crippen molar-refractivity contribution >= 4 is 71.0 Å². The van der Waals surface area contributed by atoms with Crippen LogP contribution >= 0.6 is 0 Å². The van der Waals surface area contributed by atoms with Crippen LogP contribution in [0.5, 0.6) is 0 Å². The second-order valence-electron chi connectivity index (χ2n) is 26.8. The lowest BCUT2D eigenvalue weighted by Gasteiger charge is -2.41. The molecule has 0 spiro atoms. The van der Waals surface area contributed by atoms with Gasteiger partial charge in [-0.05, 0) is 98.8 Å². The normalized spacial score (nSPS) is 18.2. The van der Waals surface area contributed by atoms with Crippen LogP contribution in [0.25, 0.3) is 0 Å². The molecule has 2 fully saturated rings. The first kappa shape index (κ1) is 80.7. The minimum Gasteiger partial charge on any atom is -0.445 e. The van der Waals surface area contributed by atoms with E-state index in [1.807, 2.05) is 39.0 Å². The van der Waals surface area contributed by atoms with Crippen molar-refractivity contribution in [2.75, 3.05) is 53.3 Å². The maximum absolute atomic E-state index is 14.8. The van der Waals surface area contributed by atoms with E-state index < -0.39 is 114 Å². The second kappa shape index (κ2) is 39.5. The number of primary amides is 1. The Kier molecular flexibility index (Phi) is 33.2. The fraction of sp³-hybridized carbons (Fsp3) is 0.671. The molecule has 536 valence electrons. The number of carbonyl (C=O) groups excluding carboxylic acids is 11. The molecule has 2 aromatic rings. The van der Waals surface area contributed by atoms with E-state index in [4.69, 9.17) is 19.9 Å². The Labute approximate surface area is 567 Å². The summed E-state index contributed by atoms with van der Waals surface area (Å²) < 4.78 is 17.8. The second-order valence-corrected chi connectivity index (χ2v) is 26.8. The Morgan fingerprint density at radius 1 is 0.729 bits per heavy atom. The van der Waals surface area contributed by atoms with Gasteiger partial charge in [-0.1, -0.05) is 125 Å². The van der Waals surface area contributed by atoms with Gasteiger partial charge >= 0.3 is 12.1 Å². The van der Waals surface area contributed by atoms with Gasteiger partial charge in [-0.3, -0.25) is 53.0 Å². The molecule has 26 heteroatoms. The summed E-state index contributed by atoms with van der Waals surface area (Å²) in [4.78, 5) is 154. The largest absolute Gasteiger partial charge is 0.445 e. The summed E-state index contributed by atoms with van der Waals surface area (Å²) in [5.41, 5.74) is 6.79. The molecule has 2 aromatic carbocycles. The van der Waals surface area contributed by atoms with Crippen LogP contribution in [0.3, 0.4) is 0 Å². The number of likely N-dealkylation sites (N-methyl/N-ethyl adjacent to an activating group) is 2. The molecule has 1 unspecified atom stereocenters. The zero-order chi connectivity index (χ0) is 71.7. The van der Waals surface area contributed by atoms with Gasteiger partial charge in [0.05, 0.1) is 48.8 Å². The van der Waals surface area contributed by atoms with E-state index in [2.05, 4.69) is 31.9 Å². The quantitative estimate of drug-likeness (QED) is 0.0284. The van der Waals surface area contributed by atoms with Gasteiger partial charge in [-0.15, -0.1) is 0 Å². The van der Waals surface area contributed by atoms with Crippen molar-refractivity contribution in [3.8, 4) is 0 Å². The molecule has 2 aliphatic rings. The number of rotatable bonds is 39. The van der Waals surface area contributed by atoms with E-state index in [0.29, 0.717) is 74.8 Å². The van der Waals surface area contributed by atoms with E-state index in [9.17, 15) is 57.8 Å². The highest BCUT2D eigenvalue weighted by molar-refractivity contribution is 6.03. The zero-order valence-corrected chi connectivity index (χ0v) is 59.3. The molecular weight excluding hydrogens is 1230 g/mol. The van der Waals surface area contributed by atoms with Crippen LogP contribution in [-0.4, -0.2) is 192 Å². The summed E-state index contributed by atoms with van der Waals surface area (Å²) in [5.74, 6) is -5.85. The minimum atomic E-state index is -1.11. The highest BCUT2D eigenvalue weighted by Crippen LogP contribution is 2.31. The smallest absolute Gasteiger partial charge is 0.410 e. The summed E-state index contributed by atoms with van der Waals surface area (Å²) in [7, 11) is 6.08. The molecule has 26 nitrogen and oxygen atoms in total. The van der Waals surface area contributed by atoms with Crippen LogP contribution in [0, 0.1) is 35.5 Å². The predicted octanol–water partition coefficient (Wildman–Crippen LogP) is 5.94. The molecule has 0 aliphatic carbocycles. The van der Waals surface area contributed by atoms with Crippen molar-refractivity contribution in [3.05, 3.63) is 65.7 Å². The van der Waals surface area contributed by atoms with E-state index in [1.54, 1.807) is 109 Å². The van der Waals surface area contributed by atoms with Crippen LogP contribution in [0.15, 0.2) is 54.6 Å². The number of benzene rings is 2. The maximum Gasteiger partial charge on any atom is 0.410 e. The van der Waals surface area contributed by atoms with Gasteiger partial charge in [-0.25, -0.2) is 9.59 Å². The predicted molar refractivity (Wildman–Crippen MR) is 363 cm³/mol. The number of unbranched alkanes of at least 4 members (excludes halogenated alkanes) is 2. The molecule has 96 heavy (non-hydrogen) atoms. The van der Waals surface area contributed by atoms with Crippen LogP contribution in [-0.2, 0) is 64.0 Å². The van der Waals surface area contributed by atoms with E-state index in [-0.39, 0.29) is 92.5 Å². The van der Waals surface area contributed by atoms with Gasteiger partial charge < -0.3 is 66.8 Å². The fourth-order valence-electron chi connectivity index (χ4n) is 12.7. The van der Waals surface area contributed by atoms with Crippen LogP contribution in [0.2, 0.25) is 0 Å². The summed E-state index contributed by atoms with van der Waals surface area (Å²) in [6.07, 6.45) is 1.44. The molecule has 0 saturated carbocycles. The third kappa shape index (κ3) is 23.3. The third-order valence-corrected chi connectivity index (χ3v) is 18.6. The number of nitrogens with one attached hydrogen (secondary N) is 6. The van der Waals surface area contributed by atoms with Crippen molar-refractivity contribution in [2.24, 2.45) is 41.2 Å². The SMILES string of the molecule is CCC1CC(=O)N(CCCCCC(=O)N[C@H](C(=O)N[C@@H](CCCNC(N)=O)C(=O)Nc2ccc(COC(=O)N(C)[C@H](C(=O)N[C@H](C(=O)N(C)[C@@H]([C@@H](C)CC)[C@@H](CC(=O)N3CCC[C@H]3[C@H](OC)[C@@H](C)C(=O)N[C@H](C)[C@@H](O)c3ccccc3)OC)C(C)C)C(C)C)cc2)C(C)C)C1=O. The van der Waals surface area contributed by atoms with Gasteiger partial charge in [0.1, 0.15) is 30.8 Å². The number of aliphatic hydroxyl groups is 1. The lowest BCUT2D eigenvalue weighted by molar-refractivity contribution is -0.148. The lowest BCUT2D eigenvalue weighted by atomic mass is 9.89. The average Bonchev–Trinajstić information content (AvgIpc) is 1.39. The number of carbonyl (C=O) groups is 11. The highest BCUT2D eigenvalue weighted by atomic mass is 16.6. The number of hydrogen-bond donors (Lipinski definition) is 8. The summed E-state index contributed by atoms with van der Waals surface area (Å²) in [6, 6.07) is 8.77. The minimum absolute atomic E-state index is 0.0875. The Hall–Kier alpha value is -7.71. The number of imide groups is 1. The van der Waals surface area contributed by atoms with Crippen molar-refractivity contribution in [1.29, 1.82) is 0 Å². The summed E-state index contributed by atoms with van der Waals surface area (Å²) >= 11 is 0. The standard InChI is InChI=1S/C70H111N11O15/c1-16-44(9)60(53(94-14)39-56(84)80-37-25-29-52(80)62(95-15)45(10)63(86)73-46(11)61(85)49-26-20-18-21-27-49)78(12)68(91)58(42(5)6)77-66(89)59(43(7)8)79(13)70(93)96-40-47-31-33-50(34-32-47)74-64(87)51(28-24-35-72-69(71)92)75-65(88)57(41(3)4)76-54(82)30-22-19-23-36-81-55(83)38-48(17-2)67(81)90/h18,20-21,26-27,31-34,41-46,48,51-53,57-62,85H,16-17,19,22-25,28-30,35-40H2,1-15H3,(H,73,86)(H,74,87)(H,75,88)(H,76,82)(H,77,89)(H3,71,72,92)/t44-,45+,46+,48?,51-,52-,53+,57-,58-,59-,60-,61+,62+/m0/s1. The summed E-state index contributed by atoms with van der Waals surface area (Å²) in [5, 5.41) is 27.7. The molecule has 2 aliphatic heterocycles. The number of urea groups is 1. The van der Waals surface area contributed by atoms with Crippen molar-refractivity contribution in [3.63, 3.8) is 0 Å². The van der Waals surface area contributed by atoms with Crippen molar-refractivity contribution in [2.45, 2.75) is 220 Å². The molecular formula is C70H111N11O15. The van der Waals surface area contributed by atoms with E-state index >= 15 is 0 Å². The topological polar surface area (TPSA) is 347 Å². The molecule has 2 saturated heterocycles. The molecule has 0 bridgehead atoms. The number of ether oxygens (including phenoxy) is 3. The fourth-order valence-corrected chi connectivity index (χ4v) is 12.7. The molecule has 0 radical (unpaired) electrons. The van der Waals surface area contributed by atoms with Crippen LogP contribution in [0.4, 0.5) is 15.3 Å². The number of hydrogen-bond acceptors (Lipinski definition) is 15. The molecule has 4 rings (SSSR count). The molecule has 0 aromatic heterocycles. The lowest BCUT2D eigenvalue weighted by Crippen LogP contribution is -2.60. The van der Waals surface area contributed by atoms with E-state index in [1.165, 1.54) is 31.1 Å². The first-order valence-electron chi connectivity index (χ1n) is 34.1. The number of anilines is 1. The summed E-state index contributed by atoms with van der Waals surface area (Å²) in [6.45, 7) is 20.6. The number of aliphatic hydroxyl groups excluding tert-OH is 1. The maximum atomic E-state index is 14.8. The Bertz CT molecular complexity index is 2900. The van der Waals surface area contributed by atoms with Gasteiger partial charge in [0, 0.05) is 72.4 Å². The van der Waals surface area contributed by atoms with Gasteiger partial charge in [0.15, 0.2) is 0 Å². The Morgan fingerprint density at radius 2 is 1.39 bits per heavy atom. The monoisotopic (exact) mass is 1350 g/mol. The Morgan fingerprint density at radius 3 is 1.96 bits per heavy atom. The van der Waals surface area contributed by atoms with Gasteiger partial charge in [-0.2, -0.15) is 0 Å². The first-order chi connectivity index (χ1) is 45.4. The number of likely N-dealkylation sites (tertiary alicyclic amines) is 2. The van der Waals surface area contributed by atoms with E-state index in [0.717, 1.165) is 0 Å². The molecule has 9 N–H and O–H groups in total. The third-order valence-electron chi connectivity index (χ3n) is 18.6. The van der Waals surface area contributed by atoms with Gasteiger partial charge in [0.2, 0.25) is 53.2 Å². The number of methoxy groups -OCH3 is 2. The average molecular weight is 1350 g/mol. The Balaban J connectivity index is 1.37. The van der Waals surface area contributed by atoms with Crippen LogP contribution < -0.4 is 37.6 Å². The van der Waals surface area contributed by atoms with Gasteiger partial charge in [0.25, 0.3) is 0 Å². The highest BCUT2D eigenvalue weighted by Gasteiger charge is 2.44. The van der Waals surface area contributed by atoms with Crippen molar-refractivity contribution in [1.82, 2.24) is 46.2 Å². The molecule has 13 atom stereocenters. The number of amides is 12. The molecule has 2 heterocycles. The first-order valence-corrected chi connectivity index (χ1v) is 34.1. The molecule has 12 amide bonds. The zero-order valence-electron chi connectivity index (χ0n) is 59.3. The van der Waals surface area contributed by atoms with Crippen LogP contribution in [0.1, 0.15) is 170 Å².